The van der Waals surface area contributed by atoms with E-state index in [-0.39, 0.29) is 0 Å². The summed E-state index contributed by atoms with van der Waals surface area (Å²) in [5.74, 6) is 1.40. The normalized spacial score (nSPS) is 10.7. The Morgan fingerprint density at radius 1 is 0.821 bits per heavy atom. The summed E-state index contributed by atoms with van der Waals surface area (Å²) < 4.78 is 11.4. The fraction of sp³-hybridized carbons (Fsp3) is 0.217. The van der Waals surface area contributed by atoms with Crippen molar-refractivity contribution in [2.24, 2.45) is 0 Å². The van der Waals surface area contributed by atoms with E-state index in [2.05, 4.69) is 42.6 Å². The smallest absolute Gasteiger partial charge is 0.161 e. The number of methoxy groups -OCH3 is 1. The summed E-state index contributed by atoms with van der Waals surface area (Å²) >= 11 is 12.1. The number of hydrogen-bond donors (Lipinski definition) is 1. The molecule has 0 aliphatic heterocycles. The van der Waals surface area contributed by atoms with Crippen molar-refractivity contribution in [1.29, 1.82) is 0 Å². The summed E-state index contributed by atoms with van der Waals surface area (Å²) in [6.45, 7) is 4.26. The quantitative estimate of drug-likeness (QED) is 0.550. The number of benzene rings is 3. The van der Waals surface area contributed by atoms with Crippen LogP contribution in [-0.2, 0) is 19.7 Å². The minimum absolute atomic E-state index is 0.352. The molecule has 0 bridgehead atoms. The van der Waals surface area contributed by atoms with Gasteiger partial charge in [0.05, 0.1) is 7.11 Å². The van der Waals surface area contributed by atoms with Crippen molar-refractivity contribution >= 4 is 23.2 Å². The Balaban J connectivity index is 1.59. The third-order valence-electron chi connectivity index (χ3n) is 4.51. The van der Waals surface area contributed by atoms with Crippen molar-refractivity contribution in [3.8, 4) is 11.5 Å². The van der Waals surface area contributed by atoms with Gasteiger partial charge in [0, 0.05) is 26.7 Å². The van der Waals surface area contributed by atoms with Crippen LogP contribution in [0, 0.1) is 6.92 Å². The molecule has 0 atom stereocenters. The van der Waals surface area contributed by atoms with Gasteiger partial charge in [0.2, 0.25) is 0 Å². The molecule has 0 amide bonds. The molecule has 3 aromatic carbocycles. The first-order valence-electron chi connectivity index (χ1n) is 9.16. The highest BCUT2D eigenvalue weighted by atomic mass is 35.5. The van der Waals surface area contributed by atoms with Gasteiger partial charge in [0.1, 0.15) is 19.7 Å². The molecule has 0 aliphatic carbocycles. The SMILES string of the molecule is COc1cc(C[NH2+]Cc2ccc(C)cc2)ccc1OCc1ccc(Cl)cc1Cl. The Kier molecular flexibility index (Phi) is 7.21. The first kappa shape index (κ1) is 20.5. The van der Waals surface area contributed by atoms with Gasteiger partial charge in [-0.3, -0.25) is 0 Å². The maximum Gasteiger partial charge on any atom is 0.161 e. The monoisotopic (exact) mass is 416 g/mol. The molecule has 0 aliphatic rings. The fourth-order valence-electron chi connectivity index (χ4n) is 2.88. The highest BCUT2D eigenvalue weighted by Gasteiger charge is 2.09. The third-order valence-corrected chi connectivity index (χ3v) is 5.09. The molecule has 5 heteroatoms. The van der Waals surface area contributed by atoms with E-state index < -0.39 is 0 Å². The maximum atomic E-state index is 6.21. The predicted octanol–water partition coefficient (Wildman–Crippen LogP) is 5.15. The molecule has 0 heterocycles. The Morgan fingerprint density at radius 3 is 2.25 bits per heavy atom. The van der Waals surface area contributed by atoms with Gasteiger partial charge in [-0.2, -0.15) is 0 Å². The molecule has 146 valence electrons. The zero-order chi connectivity index (χ0) is 19.9. The van der Waals surface area contributed by atoms with Gasteiger partial charge < -0.3 is 14.8 Å². The summed E-state index contributed by atoms with van der Waals surface area (Å²) in [6.07, 6.45) is 0. The summed E-state index contributed by atoms with van der Waals surface area (Å²) in [4.78, 5) is 0. The summed E-state index contributed by atoms with van der Waals surface area (Å²) in [7, 11) is 1.65. The van der Waals surface area contributed by atoms with Crippen molar-refractivity contribution in [2.45, 2.75) is 26.6 Å². The van der Waals surface area contributed by atoms with E-state index >= 15 is 0 Å². The summed E-state index contributed by atoms with van der Waals surface area (Å²) in [6, 6.07) is 20.0. The molecule has 0 saturated carbocycles. The lowest BCUT2D eigenvalue weighted by molar-refractivity contribution is -0.686. The minimum Gasteiger partial charge on any atom is -0.493 e. The highest BCUT2D eigenvalue weighted by molar-refractivity contribution is 6.35. The van der Waals surface area contributed by atoms with E-state index in [0.717, 1.165) is 18.7 Å². The Hall–Kier alpha value is -2.20. The van der Waals surface area contributed by atoms with Crippen LogP contribution in [0.25, 0.3) is 0 Å². The summed E-state index contributed by atoms with van der Waals surface area (Å²) in [5, 5.41) is 3.47. The second-order valence-electron chi connectivity index (χ2n) is 6.69. The molecule has 0 radical (unpaired) electrons. The van der Waals surface area contributed by atoms with Crippen LogP contribution >= 0.6 is 23.2 Å². The standard InChI is InChI=1S/C23H23Cl2NO2/c1-16-3-5-17(6-4-16)13-26-14-18-7-10-22(23(11-18)27-2)28-15-19-8-9-20(24)12-21(19)25/h3-12,26H,13-15H2,1-2H3/p+1. The number of aryl methyl sites for hydroxylation is 1. The van der Waals surface area contributed by atoms with Gasteiger partial charge in [0.25, 0.3) is 0 Å². The number of ether oxygens (including phenoxy) is 2. The molecule has 28 heavy (non-hydrogen) atoms. The van der Waals surface area contributed by atoms with E-state index in [1.807, 2.05) is 18.2 Å². The molecule has 0 saturated heterocycles. The molecular weight excluding hydrogens is 393 g/mol. The molecule has 3 aromatic rings. The van der Waals surface area contributed by atoms with Gasteiger partial charge in [-0.05, 0) is 37.3 Å². The lowest BCUT2D eigenvalue weighted by atomic mass is 10.1. The van der Waals surface area contributed by atoms with Crippen molar-refractivity contribution in [3.05, 3.63) is 93.0 Å². The highest BCUT2D eigenvalue weighted by Crippen LogP contribution is 2.30. The Labute approximate surface area is 176 Å². The maximum absolute atomic E-state index is 6.21. The molecule has 3 rings (SSSR count). The largest absolute Gasteiger partial charge is 0.493 e. The van der Waals surface area contributed by atoms with Crippen molar-refractivity contribution in [1.82, 2.24) is 0 Å². The van der Waals surface area contributed by atoms with Crippen LogP contribution in [0.1, 0.15) is 22.3 Å². The average Bonchev–Trinajstić information content (AvgIpc) is 2.69. The van der Waals surface area contributed by atoms with Crippen LogP contribution in [0.4, 0.5) is 0 Å². The second kappa shape index (κ2) is 9.83. The number of quaternary nitrogens is 1. The van der Waals surface area contributed by atoms with Crippen LogP contribution in [0.15, 0.2) is 60.7 Å². The first-order chi connectivity index (χ1) is 13.5. The lowest BCUT2D eigenvalue weighted by Gasteiger charge is -2.13. The van der Waals surface area contributed by atoms with Crippen molar-refractivity contribution in [3.63, 3.8) is 0 Å². The molecule has 2 N–H and O–H groups in total. The summed E-state index contributed by atoms with van der Waals surface area (Å²) in [5.41, 5.74) is 4.66. The van der Waals surface area contributed by atoms with Crippen LogP contribution in [0.5, 0.6) is 11.5 Å². The fourth-order valence-corrected chi connectivity index (χ4v) is 3.35. The van der Waals surface area contributed by atoms with Crippen molar-refractivity contribution in [2.75, 3.05) is 7.11 Å². The zero-order valence-corrected chi connectivity index (χ0v) is 17.6. The third kappa shape index (κ3) is 5.65. The van der Waals surface area contributed by atoms with E-state index in [9.17, 15) is 0 Å². The van der Waals surface area contributed by atoms with Gasteiger partial charge in [-0.1, -0.05) is 59.1 Å². The van der Waals surface area contributed by atoms with E-state index in [0.29, 0.717) is 28.2 Å². The van der Waals surface area contributed by atoms with E-state index in [4.69, 9.17) is 32.7 Å². The molecule has 0 unspecified atom stereocenters. The van der Waals surface area contributed by atoms with Crippen LogP contribution in [0.2, 0.25) is 10.0 Å². The molecule has 0 aromatic heterocycles. The number of hydrogen-bond acceptors (Lipinski definition) is 2. The number of nitrogens with two attached hydrogens (primary N) is 1. The van der Waals surface area contributed by atoms with Crippen LogP contribution in [-0.4, -0.2) is 7.11 Å². The van der Waals surface area contributed by atoms with Gasteiger partial charge >= 0.3 is 0 Å². The first-order valence-corrected chi connectivity index (χ1v) is 9.91. The topological polar surface area (TPSA) is 35.1 Å². The average molecular weight is 417 g/mol. The lowest BCUT2D eigenvalue weighted by Crippen LogP contribution is -2.80. The van der Waals surface area contributed by atoms with E-state index in [1.165, 1.54) is 16.7 Å². The molecule has 0 fully saturated rings. The Morgan fingerprint density at radius 2 is 1.54 bits per heavy atom. The second-order valence-corrected chi connectivity index (χ2v) is 7.54. The number of rotatable bonds is 8. The van der Waals surface area contributed by atoms with Crippen LogP contribution < -0.4 is 14.8 Å². The molecule has 3 nitrogen and oxygen atoms in total. The Bertz CT molecular complexity index is 926. The van der Waals surface area contributed by atoms with E-state index in [1.54, 1.807) is 19.2 Å². The zero-order valence-electron chi connectivity index (χ0n) is 16.0. The van der Waals surface area contributed by atoms with Crippen LogP contribution in [0.3, 0.4) is 0 Å². The predicted molar refractivity (Wildman–Crippen MR) is 114 cm³/mol. The minimum atomic E-state index is 0.352. The van der Waals surface area contributed by atoms with Crippen molar-refractivity contribution < 1.29 is 14.8 Å². The number of halogens is 2. The molecular formula is C23H24Cl2NO2+. The molecule has 0 spiro atoms. The van der Waals surface area contributed by atoms with Gasteiger partial charge in [-0.25, -0.2) is 0 Å². The van der Waals surface area contributed by atoms with Gasteiger partial charge in [0.15, 0.2) is 11.5 Å². The van der Waals surface area contributed by atoms with Gasteiger partial charge in [-0.15, -0.1) is 0 Å².